The molecular formula is C13H25N3S. The van der Waals surface area contributed by atoms with E-state index in [0.717, 1.165) is 17.4 Å². The summed E-state index contributed by atoms with van der Waals surface area (Å²) in [7, 11) is 0. The van der Waals surface area contributed by atoms with Gasteiger partial charge in [-0.3, -0.25) is 0 Å². The number of anilines is 1. The molecule has 0 amide bonds. The zero-order valence-corrected chi connectivity index (χ0v) is 12.3. The van der Waals surface area contributed by atoms with E-state index in [2.05, 4.69) is 30.7 Å². The fourth-order valence-electron chi connectivity index (χ4n) is 1.83. The van der Waals surface area contributed by atoms with E-state index >= 15 is 0 Å². The van der Waals surface area contributed by atoms with Crippen LogP contribution in [0, 0.1) is 6.92 Å². The second-order valence-electron chi connectivity index (χ2n) is 4.70. The number of nitrogens with two attached hydrogens (primary N) is 1. The fourth-order valence-corrected chi connectivity index (χ4v) is 2.93. The molecular weight excluding hydrogens is 230 g/mol. The minimum atomic E-state index is 0.503. The van der Waals surface area contributed by atoms with Gasteiger partial charge in [0, 0.05) is 24.0 Å². The van der Waals surface area contributed by atoms with Gasteiger partial charge >= 0.3 is 0 Å². The highest BCUT2D eigenvalue weighted by atomic mass is 32.1. The Kier molecular flexibility index (Phi) is 5.92. The largest absolute Gasteiger partial charge is 0.346 e. The average molecular weight is 255 g/mol. The van der Waals surface area contributed by atoms with Crippen LogP contribution >= 0.6 is 11.3 Å². The van der Waals surface area contributed by atoms with Gasteiger partial charge in [-0.15, -0.1) is 11.3 Å². The Balaban J connectivity index is 2.74. The zero-order chi connectivity index (χ0) is 12.8. The summed E-state index contributed by atoms with van der Waals surface area (Å²) in [5.74, 6) is 0. The van der Waals surface area contributed by atoms with Gasteiger partial charge in [0.05, 0.1) is 5.69 Å². The molecule has 0 atom stereocenters. The summed E-state index contributed by atoms with van der Waals surface area (Å²) in [6, 6.07) is 0.503. The molecule has 17 heavy (non-hydrogen) atoms. The van der Waals surface area contributed by atoms with Gasteiger partial charge in [-0.1, -0.05) is 19.8 Å². The molecule has 0 saturated carbocycles. The van der Waals surface area contributed by atoms with Crippen molar-refractivity contribution in [3.63, 3.8) is 0 Å². The number of nitrogens with zero attached hydrogens (tertiary/aromatic N) is 2. The van der Waals surface area contributed by atoms with Crippen molar-refractivity contribution >= 4 is 16.5 Å². The van der Waals surface area contributed by atoms with Crippen LogP contribution in [0.5, 0.6) is 0 Å². The van der Waals surface area contributed by atoms with E-state index in [9.17, 15) is 0 Å². The maximum Gasteiger partial charge on any atom is 0.186 e. The van der Waals surface area contributed by atoms with Crippen LogP contribution in [0.2, 0.25) is 0 Å². The molecule has 0 aromatic carbocycles. The summed E-state index contributed by atoms with van der Waals surface area (Å²) in [5.41, 5.74) is 6.81. The molecule has 0 aliphatic rings. The summed E-state index contributed by atoms with van der Waals surface area (Å²) in [6.07, 6.45) is 3.79. The lowest BCUT2D eigenvalue weighted by Gasteiger charge is -2.26. The third kappa shape index (κ3) is 3.96. The van der Waals surface area contributed by atoms with Crippen LogP contribution in [0.3, 0.4) is 0 Å². The lowest BCUT2D eigenvalue weighted by atomic mass is 10.2. The van der Waals surface area contributed by atoms with Gasteiger partial charge in [0.25, 0.3) is 0 Å². The molecule has 1 aromatic heterocycles. The maximum atomic E-state index is 5.71. The van der Waals surface area contributed by atoms with Crippen molar-refractivity contribution in [2.24, 2.45) is 5.73 Å². The summed E-state index contributed by atoms with van der Waals surface area (Å²) in [4.78, 5) is 8.25. The lowest BCUT2D eigenvalue weighted by molar-refractivity contribution is 0.624. The van der Waals surface area contributed by atoms with Crippen molar-refractivity contribution in [3.8, 4) is 0 Å². The SMILES string of the molecule is CCCCCN(c1nc(C)c(CN)s1)C(C)C. The third-order valence-corrected chi connectivity index (χ3v) is 4.16. The Morgan fingerprint density at radius 2 is 2.06 bits per heavy atom. The molecule has 1 heterocycles. The Morgan fingerprint density at radius 1 is 1.35 bits per heavy atom. The maximum absolute atomic E-state index is 5.71. The van der Waals surface area contributed by atoms with Crippen LogP contribution in [0.1, 0.15) is 50.6 Å². The molecule has 1 aromatic rings. The molecule has 0 spiro atoms. The van der Waals surface area contributed by atoms with Crippen LogP contribution < -0.4 is 10.6 Å². The highest BCUT2D eigenvalue weighted by molar-refractivity contribution is 7.15. The second-order valence-corrected chi connectivity index (χ2v) is 5.77. The van der Waals surface area contributed by atoms with Crippen molar-refractivity contribution in [2.45, 2.75) is 59.5 Å². The van der Waals surface area contributed by atoms with E-state index in [1.807, 2.05) is 6.92 Å². The Labute approximate surface area is 109 Å². The minimum absolute atomic E-state index is 0.503. The molecule has 3 nitrogen and oxygen atoms in total. The first-order chi connectivity index (χ1) is 8.10. The van der Waals surface area contributed by atoms with Gasteiger partial charge in [-0.05, 0) is 27.2 Å². The predicted molar refractivity (Wildman–Crippen MR) is 76.7 cm³/mol. The fraction of sp³-hybridized carbons (Fsp3) is 0.769. The number of thiazole rings is 1. The lowest BCUT2D eigenvalue weighted by Crippen LogP contribution is -2.31. The van der Waals surface area contributed by atoms with Gasteiger partial charge in [0.1, 0.15) is 0 Å². The number of aromatic nitrogens is 1. The molecule has 0 bridgehead atoms. The van der Waals surface area contributed by atoms with Crippen molar-refractivity contribution in [3.05, 3.63) is 10.6 Å². The van der Waals surface area contributed by atoms with Gasteiger partial charge in [0.15, 0.2) is 5.13 Å². The standard InChI is InChI=1S/C13H25N3S/c1-5-6-7-8-16(10(2)3)13-15-11(4)12(9-14)17-13/h10H,5-9,14H2,1-4H3. The number of hydrogen-bond donors (Lipinski definition) is 1. The Morgan fingerprint density at radius 3 is 2.53 bits per heavy atom. The van der Waals surface area contributed by atoms with E-state index in [-0.39, 0.29) is 0 Å². The van der Waals surface area contributed by atoms with Gasteiger partial charge in [0.2, 0.25) is 0 Å². The molecule has 0 saturated heterocycles. The van der Waals surface area contributed by atoms with Crippen LogP contribution in [0.15, 0.2) is 0 Å². The first-order valence-corrected chi connectivity index (χ1v) is 7.34. The number of aryl methyl sites for hydroxylation is 1. The van der Waals surface area contributed by atoms with Gasteiger partial charge in [-0.25, -0.2) is 4.98 Å². The van der Waals surface area contributed by atoms with E-state index < -0.39 is 0 Å². The summed E-state index contributed by atoms with van der Waals surface area (Å²) < 4.78 is 0. The molecule has 0 radical (unpaired) electrons. The highest BCUT2D eigenvalue weighted by Crippen LogP contribution is 2.27. The van der Waals surface area contributed by atoms with E-state index in [1.165, 1.54) is 24.1 Å². The number of rotatable bonds is 7. The summed E-state index contributed by atoms with van der Waals surface area (Å²) in [6.45, 7) is 10.4. The van der Waals surface area contributed by atoms with Gasteiger partial charge in [-0.2, -0.15) is 0 Å². The molecule has 2 N–H and O–H groups in total. The zero-order valence-electron chi connectivity index (χ0n) is 11.5. The Bertz CT molecular complexity index is 333. The molecule has 0 unspecified atom stereocenters. The number of unbranched alkanes of at least 4 members (excludes halogenated alkanes) is 2. The van der Waals surface area contributed by atoms with Crippen molar-refractivity contribution < 1.29 is 0 Å². The molecule has 1 rings (SSSR count). The van der Waals surface area contributed by atoms with E-state index in [0.29, 0.717) is 12.6 Å². The van der Waals surface area contributed by atoms with Crippen LogP contribution in [-0.2, 0) is 6.54 Å². The monoisotopic (exact) mass is 255 g/mol. The van der Waals surface area contributed by atoms with Crippen LogP contribution in [-0.4, -0.2) is 17.6 Å². The smallest absolute Gasteiger partial charge is 0.186 e. The first-order valence-electron chi connectivity index (χ1n) is 6.53. The molecule has 0 aliphatic heterocycles. The quantitative estimate of drug-likeness (QED) is 0.760. The van der Waals surface area contributed by atoms with Crippen LogP contribution in [0.25, 0.3) is 0 Å². The highest BCUT2D eigenvalue weighted by Gasteiger charge is 2.15. The third-order valence-electron chi connectivity index (χ3n) is 2.94. The number of hydrogen-bond acceptors (Lipinski definition) is 4. The molecule has 0 fully saturated rings. The molecule has 98 valence electrons. The second kappa shape index (κ2) is 6.97. The normalized spacial score (nSPS) is 11.2. The topological polar surface area (TPSA) is 42.2 Å². The van der Waals surface area contributed by atoms with E-state index in [1.54, 1.807) is 11.3 Å². The van der Waals surface area contributed by atoms with Crippen molar-refractivity contribution in [1.29, 1.82) is 0 Å². The predicted octanol–water partition coefficient (Wildman–Crippen LogP) is 3.32. The first kappa shape index (κ1) is 14.5. The molecule has 4 heteroatoms. The summed E-state index contributed by atoms with van der Waals surface area (Å²) >= 11 is 1.74. The van der Waals surface area contributed by atoms with E-state index in [4.69, 9.17) is 5.73 Å². The average Bonchev–Trinajstić information content (AvgIpc) is 2.65. The molecule has 0 aliphatic carbocycles. The van der Waals surface area contributed by atoms with Crippen LogP contribution in [0.4, 0.5) is 5.13 Å². The Hall–Kier alpha value is -0.610. The van der Waals surface area contributed by atoms with Crippen molar-refractivity contribution in [1.82, 2.24) is 4.98 Å². The minimum Gasteiger partial charge on any atom is -0.346 e. The van der Waals surface area contributed by atoms with Gasteiger partial charge < -0.3 is 10.6 Å². The van der Waals surface area contributed by atoms with Crippen molar-refractivity contribution in [2.75, 3.05) is 11.4 Å². The summed E-state index contributed by atoms with van der Waals surface area (Å²) in [5, 5.41) is 1.13.